The molecule has 0 saturated carbocycles. The van der Waals surface area contributed by atoms with Gasteiger partial charge in [0.2, 0.25) is 5.91 Å². The number of thiophene rings is 1. The van der Waals surface area contributed by atoms with Crippen molar-refractivity contribution in [3.63, 3.8) is 0 Å². The number of amides is 2. The van der Waals surface area contributed by atoms with Crippen molar-refractivity contribution in [2.45, 2.75) is 6.92 Å². The number of non-ortho nitro benzene ring substituents is 1. The molecule has 0 radical (unpaired) electrons. The Morgan fingerprint density at radius 2 is 1.89 bits per heavy atom. The number of carbonyl (C=O) groups is 3. The van der Waals surface area contributed by atoms with Crippen LogP contribution in [0.1, 0.15) is 31.2 Å². The van der Waals surface area contributed by atoms with Crippen LogP contribution in [0.2, 0.25) is 0 Å². The minimum Gasteiger partial charge on any atom is -0.465 e. The summed E-state index contributed by atoms with van der Waals surface area (Å²) in [4.78, 5) is 45.8. The Balaban J connectivity index is 2.20. The minimum absolute atomic E-state index is 0.0393. The summed E-state index contributed by atoms with van der Waals surface area (Å²) in [5.74, 6) is -1.98. The number of nitrogens with zero attached hydrogens (tertiary/aromatic N) is 1. The molecule has 0 bridgehead atoms. The third kappa shape index (κ3) is 4.55. The van der Waals surface area contributed by atoms with Gasteiger partial charge >= 0.3 is 5.97 Å². The fourth-order valence-corrected chi connectivity index (χ4v) is 3.35. The lowest BCUT2D eigenvalue weighted by Gasteiger charge is -2.02. The first-order valence-electron chi connectivity index (χ1n) is 7.49. The molecule has 0 aliphatic heterocycles. The van der Waals surface area contributed by atoms with Gasteiger partial charge in [0.1, 0.15) is 9.88 Å². The van der Waals surface area contributed by atoms with E-state index in [0.717, 1.165) is 11.3 Å². The fourth-order valence-electron chi connectivity index (χ4n) is 2.22. The van der Waals surface area contributed by atoms with Gasteiger partial charge in [-0.1, -0.05) is 0 Å². The Hall–Kier alpha value is -3.53. The van der Waals surface area contributed by atoms with Crippen molar-refractivity contribution >= 4 is 45.9 Å². The quantitative estimate of drug-likeness (QED) is 0.336. The van der Waals surface area contributed by atoms with Gasteiger partial charge in [-0.05, 0) is 36.3 Å². The van der Waals surface area contributed by atoms with Crippen LogP contribution in [0.4, 0.5) is 10.7 Å². The van der Waals surface area contributed by atoms with Gasteiger partial charge in [-0.15, -0.1) is 11.3 Å². The number of nitro benzene ring substituents is 1. The molecule has 2 rings (SSSR count). The van der Waals surface area contributed by atoms with Gasteiger partial charge in [-0.25, -0.2) is 4.79 Å². The molecule has 10 heteroatoms. The van der Waals surface area contributed by atoms with Gasteiger partial charge in [-0.2, -0.15) is 0 Å². The van der Waals surface area contributed by atoms with Crippen molar-refractivity contribution in [2.75, 3.05) is 12.4 Å². The molecule has 1 aromatic carbocycles. The number of nitro groups is 1. The van der Waals surface area contributed by atoms with Crippen LogP contribution < -0.4 is 11.1 Å². The van der Waals surface area contributed by atoms with E-state index in [2.05, 4.69) is 10.1 Å². The number of rotatable bonds is 6. The lowest BCUT2D eigenvalue weighted by Crippen LogP contribution is -2.16. The van der Waals surface area contributed by atoms with Gasteiger partial charge in [0.15, 0.2) is 0 Å². The molecule has 27 heavy (non-hydrogen) atoms. The van der Waals surface area contributed by atoms with Gasteiger partial charge < -0.3 is 15.8 Å². The smallest absolute Gasteiger partial charge is 0.348 e. The zero-order valence-electron chi connectivity index (χ0n) is 14.3. The van der Waals surface area contributed by atoms with Crippen molar-refractivity contribution < 1.29 is 24.0 Å². The summed E-state index contributed by atoms with van der Waals surface area (Å²) >= 11 is 0.886. The Morgan fingerprint density at radius 3 is 2.41 bits per heavy atom. The molecule has 1 aromatic heterocycles. The van der Waals surface area contributed by atoms with Crippen molar-refractivity contribution in [2.24, 2.45) is 5.73 Å². The fraction of sp³-hybridized carbons (Fsp3) is 0.118. The number of esters is 1. The summed E-state index contributed by atoms with van der Waals surface area (Å²) in [6.07, 6.45) is 2.64. The zero-order chi connectivity index (χ0) is 20.1. The van der Waals surface area contributed by atoms with Gasteiger partial charge in [-0.3, -0.25) is 19.7 Å². The molecule has 9 nitrogen and oxygen atoms in total. The van der Waals surface area contributed by atoms with Crippen LogP contribution >= 0.6 is 11.3 Å². The average Bonchev–Trinajstić information content (AvgIpc) is 2.95. The van der Waals surface area contributed by atoms with Crippen molar-refractivity contribution in [3.8, 4) is 0 Å². The number of benzene rings is 1. The number of ether oxygens (including phenoxy) is 1. The van der Waals surface area contributed by atoms with Gasteiger partial charge in [0, 0.05) is 18.2 Å². The number of nitrogens with two attached hydrogens (primary N) is 1. The second-order valence-corrected chi connectivity index (χ2v) is 6.31. The molecule has 3 N–H and O–H groups in total. The highest BCUT2D eigenvalue weighted by molar-refractivity contribution is 7.18. The van der Waals surface area contributed by atoms with E-state index < -0.39 is 22.7 Å². The lowest BCUT2D eigenvalue weighted by molar-refractivity contribution is -0.384. The van der Waals surface area contributed by atoms with Gasteiger partial charge in [0.05, 0.1) is 17.6 Å². The molecule has 2 aromatic rings. The Morgan fingerprint density at radius 1 is 1.26 bits per heavy atom. The maximum Gasteiger partial charge on any atom is 0.348 e. The molecular formula is C17H15N3O6S. The molecular weight excluding hydrogens is 374 g/mol. The summed E-state index contributed by atoms with van der Waals surface area (Å²) < 4.78 is 4.65. The normalized spacial score (nSPS) is 10.6. The zero-order valence-corrected chi connectivity index (χ0v) is 15.2. The van der Waals surface area contributed by atoms with Gasteiger partial charge in [0.25, 0.3) is 11.6 Å². The first kappa shape index (κ1) is 19.8. The predicted molar refractivity (Wildman–Crippen MR) is 99.7 cm³/mol. The summed E-state index contributed by atoms with van der Waals surface area (Å²) in [7, 11) is 1.20. The SMILES string of the molecule is COC(=O)c1sc(NC(=O)/C=C/c2ccc([N+](=O)[O-])cc2)c(C(N)=O)c1C. The standard InChI is InChI=1S/C17H15N3O6S/c1-9-13(15(18)22)16(27-14(9)17(23)26-2)19-12(21)8-5-10-3-6-11(7-4-10)20(24)25/h3-8H,1-2H3,(H2,18,22)(H,19,21)/b8-5+. The topological polar surface area (TPSA) is 142 Å². The number of anilines is 1. The second-order valence-electron chi connectivity index (χ2n) is 5.29. The number of hydrogen-bond acceptors (Lipinski definition) is 7. The van der Waals surface area contributed by atoms with Crippen LogP contribution in [-0.4, -0.2) is 29.8 Å². The molecule has 0 fully saturated rings. The first-order chi connectivity index (χ1) is 12.7. The molecule has 140 valence electrons. The first-order valence-corrected chi connectivity index (χ1v) is 8.31. The number of methoxy groups -OCH3 is 1. The van der Waals surface area contributed by atoms with Crippen molar-refractivity contribution in [3.05, 3.63) is 62.0 Å². The number of hydrogen-bond donors (Lipinski definition) is 2. The third-order valence-electron chi connectivity index (χ3n) is 3.53. The third-order valence-corrected chi connectivity index (χ3v) is 4.72. The van der Waals surface area contributed by atoms with Crippen LogP contribution in [0.25, 0.3) is 6.08 Å². The van der Waals surface area contributed by atoms with E-state index >= 15 is 0 Å². The highest BCUT2D eigenvalue weighted by Crippen LogP contribution is 2.33. The summed E-state index contributed by atoms with van der Waals surface area (Å²) in [6, 6.07) is 5.60. The summed E-state index contributed by atoms with van der Waals surface area (Å²) in [5, 5.41) is 13.3. The molecule has 0 unspecified atom stereocenters. The highest BCUT2D eigenvalue weighted by atomic mass is 32.1. The van der Waals surface area contributed by atoms with E-state index in [1.807, 2.05) is 0 Å². The van der Waals surface area contributed by atoms with E-state index in [0.29, 0.717) is 11.1 Å². The van der Waals surface area contributed by atoms with Crippen LogP contribution in [0, 0.1) is 17.0 Å². The van der Waals surface area contributed by atoms with Crippen LogP contribution in [0.15, 0.2) is 30.3 Å². The monoisotopic (exact) mass is 389 g/mol. The van der Waals surface area contributed by atoms with E-state index in [-0.39, 0.29) is 21.1 Å². The highest BCUT2D eigenvalue weighted by Gasteiger charge is 2.24. The van der Waals surface area contributed by atoms with E-state index in [1.165, 1.54) is 50.5 Å². The van der Waals surface area contributed by atoms with Crippen molar-refractivity contribution in [1.82, 2.24) is 0 Å². The van der Waals surface area contributed by atoms with Crippen molar-refractivity contribution in [1.29, 1.82) is 0 Å². The molecule has 0 atom stereocenters. The van der Waals surface area contributed by atoms with Crippen LogP contribution in [-0.2, 0) is 9.53 Å². The Bertz CT molecular complexity index is 946. The molecule has 1 heterocycles. The minimum atomic E-state index is -0.784. The maximum atomic E-state index is 12.1. The molecule has 0 aliphatic carbocycles. The maximum absolute atomic E-state index is 12.1. The summed E-state index contributed by atoms with van der Waals surface area (Å²) in [5.41, 5.74) is 6.22. The molecule has 2 amide bonds. The van der Waals surface area contributed by atoms with E-state index in [4.69, 9.17) is 5.73 Å². The Labute approximate surface area is 157 Å². The Kier molecular flexibility index (Phi) is 6.03. The predicted octanol–water partition coefficient (Wildman–Crippen LogP) is 2.50. The molecule has 0 spiro atoms. The lowest BCUT2D eigenvalue weighted by atomic mass is 10.1. The molecule has 0 saturated heterocycles. The largest absolute Gasteiger partial charge is 0.465 e. The van der Waals surface area contributed by atoms with E-state index in [1.54, 1.807) is 0 Å². The number of nitrogens with one attached hydrogen (secondary N) is 1. The number of primary amides is 1. The summed E-state index contributed by atoms with van der Waals surface area (Å²) in [6.45, 7) is 1.53. The van der Waals surface area contributed by atoms with Crippen LogP contribution in [0.3, 0.4) is 0 Å². The molecule has 0 aliphatic rings. The second kappa shape index (κ2) is 8.23. The number of carbonyl (C=O) groups excluding carboxylic acids is 3. The van der Waals surface area contributed by atoms with E-state index in [9.17, 15) is 24.5 Å². The average molecular weight is 389 g/mol. The van der Waals surface area contributed by atoms with Crippen LogP contribution in [0.5, 0.6) is 0 Å².